The molecule has 1 aliphatic heterocycles. The molecule has 36 heavy (non-hydrogen) atoms. The summed E-state index contributed by atoms with van der Waals surface area (Å²) < 4.78 is 21.0. The van der Waals surface area contributed by atoms with E-state index >= 15 is 0 Å². The minimum absolute atomic E-state index is 0.205. The van der Waals surface area contributed by atoms with Gasteiger partial charge < -0.3 is 19.5 Å². The van der Waals surface area contributed by atoms with Gasteiger partial charge >= 0.3 is 0 Å². The summed E-state index contributed by atoms with van der Waals surface area (Å²) in [5, 5.41) is 3.20. The molecule has 3 aromatic rings. The summed E-state index contributed by atoms with van der Waals surface area (Å²) in [6.45, 7) is 5.09. The Bertz CT molecular complexity index is 1300. The Balaban J connectivity index is 1.66. The minimum Gasteiger partial charge on any atom is -0.495 e. The summed E-state index contributed by atoms with van der Waals surface area (Å²) in [7, 11) is 5.56. The highest BCUT2D eigenvalue weighted by Crippen LogP contribution is 2.29. The largest absolute Gasteiger partial charge is 0.495 e. The number of rotatable bonds is 8. The van der Waals surface area contributed by atoms with Gasteiger partial charge in [-0.15, -0.1) is 0 Å². The first-order chi connectivity index (χ1) is 17.3. The lowest BCUT2D eigenvalue weighted by molar-refractivity contribution is -0.123. The van der Waals surface area contributed by atoms with E-state index in [9.17, 15) is 9.18 Å². The first kappa shape index (κ1) is 25.1. The number of carbonyl (C=O) groups excluding carboxylic acids is 1. The molecule has 2 heterocycles. The third kappa shape index (κ3) is 5.46. The van der Waals surface area contributed by atoms with Crippen LogP contribution in [0.25, 0.3) is 11.8 Å². The Morgan fingerprint density at radius 2 is 1.97 bits per heavy atom. The highest BCUT2D eigenvalue weighted by Gasteiger charge is 2.36. The van der Waals surface area contributed by atoms with Crippen molar-refractivity contribution in [2.24, 2.45) is 4.99 Å². The number of likely N-dealkylation sites (N-methyl/N-ethyl adjacent to an activating group) is 1. The fourth-order valence-corrected chi connectivity index (χ4v) is 4.00. The Kier molecular flexibility index (Phi) is 7.49. The van der Waals surface area contributed by atoms with Crippen molar-refractivity contribution in [3.63, 3.8) is 0 Å². The molecule has 0 aliphatic carbocycles. The zero-order chi connectivity index (χ0) is 25.8. The van der Waals surface area contributed by atoms with Crippen molar-refractivity contribution in [2.45, 2.75) is 19.9 Å². The second-order valence-electron chi connectivity index (χ2n) is 8.95. The predicted octanol–water partition coefficient (Wildman–Crippen LogP) is 3.78. The number of amides is 1. The smallest absolute Gasteiger partial charge is 0.277 e. The number of benzene rings is 2. The zero-order valence-corrected chi connectivity index (χ0v) is 21.2. The number of aliphatic imine (C=N–C) groups is 1. The topological polar surface area (TPSA) is 75.0 Å². The number of carbonyl (C=O) groups is 1. The van der Waals surface area contributed by atoms with E-state index in [1.807, 2.05) is 61.8 Å². The first-order valence-corrected chi connectivity index (χ1v) is 11.7. The summed E-state index contributed by atoms with van der Waals surface area (Å²) >= 11 is 0. The number of halogens is 1. The Morgan fingerprint density at radius 3 is 2.61 bits per heavy atom. The van der Waals surface area contributed by atoms with Crippen molar-refractivity contribution >= 4 is 17.9 Å². The van der Waals surface area contributed by atoms with Crippen molar-refractivity contribution in [3.8, 4) is 11.4 Å². The summed E-state index contributed by atoms with van der Waals surface area (Å²) in [6.07, 6.45) is 5.44. The molecular formula is C27H31FN6O2. The van der Waals surface area contributed by atoms with Gasteiger partial charge in [0.05, 0.1) is 37.4 Å². The Morgan fingerprint density at radius 1 is 1.22 bits per heavy atom. The number of imidazole rings is 1. The highest BCUT2D eigenvalue weighted by atomic mass is 19.1. The quantitative estimate of drug-likeness (QED) is 0.487. The molecule has 0 bridgehead atoms. The molecule has 0 spiro atoms. The van der Waals surface area contributed by atoms with Crippen LogP contribution in [0.2, 0.25) is 0 Å². The number of hydrogen-bond donors (Lipinski definition) is 1. The lowest BCUT2D eigenvalue weighted by Gasteiger charge is -2.24. The third-order valence-electron chi connectivity index (χ3n) is 5.98. The predicted molar refractivity (Wildman–Crippen MR) is 138 cm³/mol. The number of nitrogens with one attached hydrogen (secondary N) is 1. The molecule has 1 saturated heterocycles. The number of ether oxygens (including phenoxy) is 1. The van der Waals surface area contributed by atoms with Crippen LogP contribution in [-0.2, 0) is 4.79 Å². The molecule has 4 rings (SSSR count). The van der Waals surface area contributed by atoms with Crippen LogP contribution in [0.15, 0.2) is 65.7 Å². The van der Waals surface area contributed by atoms with Gasteiger partial charge in [-0.1, -0.05) is 18.2 Å². The monoisotopic (exact) mass is 490 g/mol. The van der Waals surface area contributed by atoms with E-state index in [-0.39, 0.29) is 17.8 Å². The number of methoxy groups -OCH3 is 1. The summed E-state index contributed by atoms with van der Waals surface area (Å²) in [5.74, 6) is 0.607. The molecule has 1 fully saturated rings. The van der Waals surface area contributed by atoms with Crippen LogP contribution in [-0.4, -0.2) is 65.5 Å². The average Bonchev–Trinajstić information content (AvgIpc) is 3.41. The van der Waals surface area contributed by atoms with Gasteiger partial charge in [0.2, 0.25) is 5.96 Å². The van der Waals surface area contributed by atoms with E-state index in [1.54, 1.807) is 36.5 Å². The molecule has 188 valence electrons. The van der Waals surface area contributed by atoms with Crippen molar-refractivity contribution < 1.29 is 13.9 Å². The van der Waals surface area contributed by atoms with Crippen LogP contribution in [0.1, 0.15) is 29.8 Å². The van der Waals surface area contributed by atoms with Crippen molar-refractivity contribution in [1.82, 2.24) is 24.7 Å². The van der Waals surface area contributed by atoms with Gasteiger partial charge in [0, 0.05) is 12.7 Å². The van der Waals surface area contributed by atoms with Gasteiger partial charge in [-0.3, -0.25) is 14.7 Å². The van der Waals surface area contributed by atoms with Gasteiger partial charge in [0.15, 0.2) is 0 Å². The Labute approximate surface area is 210 Å². The standard InChI is InChI=1S/C27H31FN6O2/c1-18-16-33(17-30-18)24-11-6-20(15-25(24)36-5)14-23-26(35)34(27(31-23)29-12-13-32(3)4)19(2)21-7-9-22(28)10-8-21/h6-11,14-17,19H,12-13H2,1-5H3,(H,29,31)/t19-/m1/s1. The van der Waals surface area contributed by atoms with Gasteiger partial charge in [0.25, 0.3) is 5.91 Å². The number of nitrogens with zero attached hydrogens (tertiary/aromatic N) is 5. The molecule has 0 unspecified atom stereocenters. The maximum Gasteiger partial charge on any atom is 0.277 e. The van der Waals surface area contributed by atoms with E-state index in [4.69, 9.17) is 4.74 Å². The van der Waals surface area contributed by atoms with Gasteiger partial charge in [-0.2, -0.15) is 0 Å². The van der Waals surface area contributed by atoms with Crippen LogP contribution in [0.3, 0.4) is 0 Å². The molecule has 0 radical (unpaired) electrons. The van der Waals surface area contributed by atoms with Crippen molar-refractivity contribution in [1.29, 1.82) is 0 Å². The number of guanidine groups is 1. The normalized spacial score (nSPS) is 16.8. The number of aryl methyl sites for hydroxylation is 1. The van der Waals surface area contributed by atoms with E-state index in [0.29, 0.717) is 24.0 Å². The number of aromatic nitrogens is 2. The summed E-state index contributed by atoms with van der Waals surface area (Å²) in [5.41, 5.74) is 3.77. The molecule has 1 aromatic heterocycles. The molecule has 1 N–H and O–H groups in total. The van der Waals surface area contributed by atoms with Crippen molar-refractivity contribution in [2.75, 3.05) is 34.3 Å². The average molecular weight is 491 g/mol. The molecule has 1 amide bonds. The van der Waals surface area contributed by atoms with Crippen LogP contribution in [0, 0.1) is 12.7 Å². The van der Waals surface area contributed by atoms with Crippen LogP contribution < -0.4 is 10.1 Å². The van der Waals surface area contributed by atoms with Crippen molar-refractivity contribution in [3.05, 3.63) is 83.3 Å². The SMILES string of the molecule is COc1cc(C=C2NC(=NCCN(C)C)N([C@H](C)c3ccc(F)cc3)C2=O)ccc1-n1cnc(C)c1. The summed E-state index contributed by atoms with van der Waals surface area (Å²) in [4.78, 5) is 26.1. The molecule has 0 saturated carbocycles. The van der Waals surface area contributed by atoms with E-state index in [2.05, 4.69) is 15.3 Å². The fraction of sp³-hybridized carbons (Fsp3) is 0.296. The maximum atomic E-state index is 13.5. The summed E-state index contributed by atoms with van der Waals surface area (Å²) in [6, 6.07) is 11.6. The maximum absolute atomic E-state index is 13.5. The highest BCUT2D eigenvalue weighted by molar-refractivity contribution is 6.15. The molecule has 1 aliphatic rings. The number of hydrogen-bond acceptors (Lipinski definition) is 5. The van der Waals surface area contributed by atoms with Gasteiger partial charge in [-0.25, -0.2) is 9.37 Å². The second kappa shape index (κ2) is 10.7. The fourth-order valence-electron chi connectivity index (χ4n) is 4.00. The van der Waals surface area contributed by atoms with Crippen LogP contribution in [0.4, 0.5) is 4.39 Å². The molecule has 1 atom stereocenters. The first-order valence-electron chi connectivity index (χ1n) is 11.7. The van der Waals surface area contributed by atoms with E-state index in [0.717, 1.165) is 29.1 Å². The van der Waals surface area contributed by atoms with Crippen LogP contribution >= 0.6 is 0 Å². The van der Waals surface area contributed by atoms with E-state index < -0.39 is 0 Å². The molecule has 9 heteroatoms. The zero-order valence-electron chi connectivity index (χ0n) is 21.2. The Hall–Kier alpha value is -3.98. The van der Waals surface area contributed by atoms with Crippen LogP contribution in [0.5, 0.6) is 5.75 Å². The second-order valence-corrected chi connectivity index (χ2v) is 8.95. The van der Waals surface area contributed by atoms with Gasteiger partial charge in [0.1, 0.15) is 17.3 Å². The molecule has 2 aromatic carbocycles. The molecular weight excluding hydrogens is 459 g/mol. The lowest BCUT2D eigenvalue weighted by Crippen LogP contribution is -2.35. The van der Waals surface area contributed by atoms with Gasteiger partial charge in [-0.05, 0) is 69.4 Å². The lowest BCUT2D eigenvalue weighted by atomic mass is 10.1. The third-order valence-corrected chi connectivity index (χ3v) is 5.98. The molecule has 8 nitrogen and oxygen atoms in total. The van der Waals surface area contributed by atoms with E-state index in [1.165, 1.54) is 12.1 Å². The minimum atomic E-state index is -0.337.